The van der Waals surface area contributed by atoms with Gasteiger partial charge in [-0.2, -0.15) is 0 Å². The number of aromatic nitrogens is 1. The second kappa shape index (κ2) is 9.54. The van der Waals surface area contributed by atoms with Crippen molar-refractivity contribution < 1.29 is 13.2 Å². The number of carbonyl (C=O) groups is 1. The van der Waals surface area contributed by atoms with E-state index < -0.39 is 10.0 Å². The molecule has 0 unspecified atom stereocenters. The van der Waals surface area contributed by atoms with Gasteiger partial charge >= 0.3 is 0 Å². The van der Waals surface area contributed by atoms with Crippen LogP contribution in [0.1, 0.15) is 36.5 Å². The highest BCUT2D eigenvalue weighted by atomic mass is 32.2. The molecule has 6 nitrogen and oxygen atoms in total. The predicted molar refractivity (Wildman–Crippen MR) is 111 cm³/mol. The van der Waals surface area contributed by atoms with Gasteiger partial charge in [-0.1, -0.05) is 36.9 Å². The number of amides is 1. The van der Waals surface area contributed by atoms with Crippen LogP contribution in [0.4, 0.5) is 0 Å². The molecule has 0 saturated carbocycles. The van der Waals surface area contributed by atoms with E-state index in [9.17, 15) is 13.2 Å². The highest BCUT2D eigenvalue weighted by Gasteiger charge is 2.28. The minimum Gasteiger partial charge on any atom is -0.349 e. The number of hydrogen-bond donors (Lipinski definition) is 1. The van der Waals surface area contributed by atoms with Crippen molar-refractivity contribution in [1.29, 1.82) is 0 Å². The number of nitrogens with zero attached hydrogens (tertiary/aromatic N) is 2. The summed E-state index contributed by atoms with van der Waals surface area (Å²) in [6.45, 7) is 2.77. The lowest BCUT2D eigenvalue weighted by Gasteiger charge is -2.31. The molecule has 0 radical (unpaired) electrons. The number of sulfonamides is 1. The average Bonchev–Trinajstić information content (AvgIpc) is 2.69. The van der Waals surface area contributed by atoms with Gasteiger partial charge in [0.15, 0.2) is 0 Å². The van der Waals surface area contributed by atoms with Crippen LogP contribution in [0.5, 0.6) is 0 Å². The molecule has 150 valence electrons. The van der Waals surface area contributed by atoms with Crippen molar-refractivity contribution in [3.05, 3.63) is 54.2 Å². The quantitative estimate of drug-likeness (QED) is 0.746. The molecular formula is C20H25N3O3S2. The minimum absolute atomic E-state index is 0.0321. The lowest BCUT2D eigenvalue weighted by Crippen LogP contribution is -2.47. The fraction of sp³-hybridized carbons (Fsp3) is 0.400. The Hall–Kier alpha value is -1.90. The fourth-order valence-electron chi connectivity index (χ4n) is 3.17. The highest BCUT2D eigenvalue weighted by Crippen LogP contribution is 2.28. The van der Waals surface area contributed by atoms with Gasteiger partial charge in [-0.3, -0.25) is 4.79 Å². The largest absolute Gasteiger partial charge is 0.349 e. The van der Waals surface area contributed by atoms with Crippen LogP contribution < -0.4 is 5.32 Å². The summed E-state index contributed by atoms with van der Waals surface area (Å²) < 4.78 is 25.9. The monoisotopic (exact) mass is 419 g/mol. The van der Waals surface area contributed by atoms with Crippen molar-refractivity contribution in [2.45, 2.75) is 42.1 Å². The maximum atomic E-state index is 12.8. The molecule has 28 heavy (non-hydrogen) atoms. The summed E-state index contributed by atoms with van der Waals surface area (Å²) in [5.74, 6) is 0.0150. The molecule has 8 heteroatoms. The van der Waals surface area contributed by atoms with Gasteiger partial charge in [-0.05, 0) is 43.5 Å². The summed E-state index contributed by atoms with van der Waals surface area (Å²) in [5, 5.41) is 3.71. The van der Waals surface area contributed by atoms with Crippen molar-refractivity contribution in [3.63, 3.8) is 0 Å². The maximum absolute atomic E-state index is 12.8. The Morgan fingerprint density at radius 3 is 2.57 bits per heavy atom. The van der Waals surface area contributed by atoms with Crippen LogP contribution in [0.2, 0.25) is 0 Å². The third-order valence-electron chi connectivity index (χ3n) is 4.62. The van der Waals surface area contributed by atoms with Crippen LogP contribution in [-0.2, 0) is 10.0 Å². The Morgan fingerprint density at radius 2 is 1.89 bits per heavy atom. The molecule has 0 spiro atoms. The molecule has 1 aliphatic heterocycles. The smallest absolute Gasteiger partial charge is 0.254 e. The second-order valence-electron chi connectivity index (χ2n) is 6.73. The Bertz CT molecular complexity index is 896. The number of benzene rings is 1. The van der Waals surface area contributed by atoms with E-state index in [4.69, 9.17) is 0 Å². The number of pyridine rings is 1. The number of nitrogens with one attached hydrogen (secondary N) is 1. The summed E-state index contributed by atoms with van der Waals surface area (Å²) in [4.78, 5) is 18.2. The van der Waals surface area contributed by atoms with Gasteiger partial charge in [-0.25, -0.2) is 17.7 Å². The van der Waals surface area contributed by atoms with E-state index in [-0.39, 0.29) is 17.7 Å². The molecule has 1 N–H and O–H groups in total. The van der Waals surface area contributed by atoms with E-state index in [1.54, 1.807) is 22.6 Å². The fourth-order valence-corrected chi connectivity index (χ4v) is 5.62. The molecule has 1 fully saturated rings. The van der Waals surface area contributed by atoms with E-state index in [0.717, 1.165) is 4.90 Å². The Kier molecular flexibility index (Phi) is 7.09. The molecular weight excluding hydrogens is 394 g/mol. The maximum Gasteiger partial charge on any atom is 0.254 e. The van der Waals surface area contributed by atoms with Gasteiger partial charge < -0.3 is 5.32 Å². The molecule has 0 bridgehead atoms. The second-order valence-corrected chi connectivity index (χ2v) is 9.88. The third-order valence-corrected chi connectivity index (χ3v) is 7.72. The molecule has 0 aliphatic carbocycles. The molecule has 2 aromatic rings. The molecule has 1 aliphatic rings. The minimum atomic E-state index is -3.17. The number of hydrogen-bond acceptors (Lipinski definition) is 5. The van der Waals surface area contributed by atoms with Gasteiger partial charge in [0, 0.05) is 30.2 Å². The predicted octanol–water partition coefficient (Wildman–Crippen LogP) is 3.17. The van der Waals surface area contributed by atoms with E-state index in [1.807, 2.05) is 37.3 Å². The van der Waals surface area contributed by atoms with E-state index in [0.29, 0.717) is 42.9 Å². The van der Waals surface area contributed by atoms with Crippen molar-refractivity contribution in [2.24, 2.45) is 0 Å². The van der Waals surface area contributed by atoms with Crippen LogP contribution in [-0.4, -0.2) is 48.5 Å². The first-order chi connectivity index (χ1) is 13.5. The van der Waals surface area contributed by atoms with Crippen molar-refractivity contribution >= 4 is 27.7 Å². The van der Waals surface area contributed by atoms with Gasteiger partial charge in [0.2, 0.25) is 10.0 Å². The molecule has 1 aromatic heterocycles. The van der Waals surface area contributed by atoms with Gasteiger partial charge in [0.1, 0.15) is 5.03 Å². The number of carbonyl (C=O) groups excluding carboxylic acids is 1. The van der Waals surface area contributed by atoms with Gasteiger partial charge in [-0.15, -0.1) is 0 Å². The molecule has 1 saturated heterocycles. The standard InChI is InChI=1S/C20H25N3O3S2/c1-2-15-28(25,26)23-13-10-16(11-14-23)22-19(24)18-9-6-12-21-20(18)27-17-7-4-3-5-8-17/h3-9,12,16H,2,10-11,13-15H2,1H3,(H,22,24). The van der Waals surface area contributed by atoms with Crippen LogP contribution in [0.15, 0.2) is 58.6 Å². The zero-order valence-electron chi connectivity index (χ0n) is 15.9. The highest BCUT2D eigenvalue weighted by molar-refractivity contribution is 7.99. The molecule has 1 amide bonds. The van der Waals surface area contributed by atoms with Crippen LogP contribution >= 0.6 is 11.8 Å². The first kappa shape index (κ1) is 20.8. The van der Waals surface area contributed by atoms with Crippen LogP contribution in [0.25, 0.3) is 0 Å². The van der Waals surface area contributed by atoms with Crippen molar-refractivity contribution in [3.8, 4) is 0 Å². The first-order valence-corrected chi connectivity index (χ1v) is 11.9. The topological polar surface area (TPSA) is 79.4 Å². The molecule has 2 heterocycles. The summed E-state index contributed by atoms with van der Waals surface area (Å²) in [6.07, 6.45) is 3.53. The van der Waals surface area contributed by atoms with E-state index in [1.165, 1.54) is 11.8 Å². The summed E-state index contributed by atoms with van der Waals surface area (Å²) in [5.41, 5.74) is 0.539. The summed E-state index contributed by atoms with van der Waals surface area (Å²) >= 11 is 1.45. The van der Waals surface area contributed by atoms with Crippen molar-refractivity contribution in [2.75, 3.05) is 18.8 Å². The first-order valence-electron chi connectivity index (χ1n) is 9.46. The van der Waals surface area contributed by atoms with Crippen LogP contribution in [0, 0.1) is 0 Å². The lowest BCUT2D eigenvalue weighted by molar-refractivity contribution is 0.0920. The Morgan fingerprint density at radius 1 is 1.18 bits per heavy atom. The van der Waals surface area contributed by atoms with E-state index in [2.05, 4.69) is 10.3 Å². The Labute approximate surface area is 170 Å². The van der Waals surface area contributed by atoms with Crippen molar-refractivity contribution in [1.82, 2.24) is 14.6 Å². The number of rotatable bonds is 7. The van der Waals surface area contributed by atoms with Gasteiger partial charge in [0.25, 0.3) is 5.91 Å². The zero-order chi connectivity index (χ0) is 20.0. The van der Waals surface area contributed by atoms with Gasteiger partial charge in [0.05, 0.1) is 11.3 Å². The molecule has 1 aromatic carbocycles. The third kappa shape index (κ3) is 5.33. The normalized spacial score (nSPS) is 16.0. The van der Waals surface area contributed by atoms with Crippen LogP contribution in [0.3, 0.4) is 0 Å². The molecule has 0 atom stereocenters. The lowest BCUT2D eigenvalue weighted by atomic mass is 10.1. The number of piperidine rings is 1. The van der Waals surface area contributed by atoms with E-state index >= 15 is 0 Å². The summed E-state index contributed by atoms with van der Waals surface area (Å²) in [6, 6.07) is 13.3. The zero-order valence-corrected chi connectivity index (χ0v) is 17.5. The Balaban J connectivity index is 1.62. The summed E-state index contributed by atoms with van der Waals surface area (Å²) in [7, 11) is -3.17. The average molecular weight is 420 g/mol. The SMILES string of the molecule is CCCS(=O)(=O)N1CCC(NC(=O)c2cccnc2Sc2ccccc2)CC1. The molecule has 3 rings (SSSR count).